The van der Waals surface area contributed by atoms with Gasteiger partial charge >= 0.3 is 0 Å². The molecule has 0 amide bonds. The zero-order valence-electron chi connectivity index (χ0n) is 14.7. The number of rotatable bonds is 3. The molecular weight excluding hydrogens is 396 g/mol. The Morgan fingerprint density at radius 3 is 2.65 bits per heavy atom. The highest BCUT2D eigenvalue weighted by Crippen LogP contribution is 2.44. The lowest BCUT2D eigenvalue weighted by Gasteiger charge is -2.22. The molecule has 3 aromatic rings. The number of pyridine rings is 1. The first-order valence-corrected chi connectivity index (χ1v) is 9.27. The van der Waals surface area contributed by atoms with E-state index in [4.69, 9.17) is 20.2 Å². The van der Waals surface area contributed by atoms with Gasteiger partial charge in [-0.05, 0) is 64.9 Å². The van der Waals surface area contributed by atoms with Crippen molar-refractivity contribution in [3.63, 3.8) is 0 Å². The second-order valence-corrected chi connectivity index (χ2v) is 7.12. The van der Waals surface area contributed by atoms with Crippen molar-refractivity contribution in [1.82, 2.24) is 15.0 Å². The number of aromatic nitrogens is 3. The summed E-state index contributed by atoms with van der Waals surface area (Å²) in [5.74, 6) is 1.76. The normalized spacial score (nSPS) is 13.5. The molecule has 0 atom stereocenters. The van der Waals surface area contributed by atoms with Gasteiger partial charge in [0.2, 0.25) is 0 Å². The molecular formula is C19H19BrN4O2. The summed E-state index contributed by atoms with van der Waals surface area (Å²) in [6, 6.07) is 4.00. The van der Waals surface area contributed by atoms with E-state index in [2.05, 4.69) is 25.9 Å². The highest BCUT2D eigenvalue weighted by atomic mass is 79.9. The van der Waals surface area contributed by atoms with Gasteiger partial charge in [0.25, 0.3) is 0 Å². The van der Waals surface area contributed by atoms with Crippen LogP contribution < -0.4 is 15.2 Å². The van der Waals surface area contributed by atoms with E-state index in [9.17, 15) is 0 Å². The van der Waals surface area contributed by atoms with E-state index in [1.807, 2.05) is 12.1 Å². The van der Waals surface area contributed by atoms with Crippen molar-refractivity contribution < 1.29 is 9.47 Å². The van der Waals surface area contributed by atoms with Crippen molar-refractivity contribution >= 4 is 32.8 Å². The Kier molecular flexibility index (Phi) is 4.40. The molecule has 0 saturated heterocycles. The molecule has 0 saturated carbocycles. The van der Waals surface area contributed by atoms with E-state index in [1.54, 1.807) is 14.2 Å². The number of nitrogens with zero attached hydrogens (tertiary/aromatic N) is 3. The highest BCUT2D eigenvalue weighted by molar-refractivity contribution is 9.10. The number of halogens is 1. The molecule has 1 aliphatic rings. The van der Waals surface area contributed by atoms with Gasteiger partial charge in [0.1, 0.15) is 12.1 Å². The number of nitrogen functional groups attached to an aromatic ring is 1. The largest absolute Gasteiger partial charge is 0.493 e. The Morgan fingerprint density at radius 2 is 1.88 bits per heavy atom. The minimum absolute atomic E-state index is 0.441. The van der Waals surface area contributed by atoms with Crippen molar-refractivity contribution in [2.24, 2.45) is 0 Å². The second-order valence-electron chi connectivity index (χ2n) is 6.27. The van der Waals surface area contributed by atoms with Crippen molar-refractivity contribution in [2.45, 2.75) is 25.7 Å². The van der Waals surface area contributed by atoms with Crippen molar-refractivity contribution in [3.8, 4) is 22.6 Å². The van der Waals surface area contributed by atoms with Crippen LogP contribution in [0.25, 0.3) is 22.2 Å². The molecule has 134 valence electrons. The van der Waals surface area contributed by atoms with Crippen LogP contribution in [0, 0.1) is 0 Å². The third-order valence-corrected chi connectivity index (χ3v) is 5.40. The molecule has 0 unspecified atom stereocenters. The summed E-state index contributed by atoms with van der Waals surface area (Å²) in [6.07, 6.45) is 5.66. The van der Waals surface area contributed by atoms with Crippen LogP contribution in [-0.2, 0) is 12.8 Å². The first-order valence-electron chi connectivity index (χ1n) is 8.48. The Hall–Kier alpha value is -2.41. The molecule has 7 heteroatoms. The fraction of sp³-hybridized carbons (Fsp3) is 0.316. The fourth-order valence-corrected chi connectivity index (χ4v) is 4.26. The summed E-state index contributed by atoms with van der Waals surface area (Å²) in [4.78, 5) is 13.3. The summed E-state index contributed by atoms with van der Waals surface area (Å²) >= 11 is 3.59. The molecule has 4 rings (SSSR count). The van der Waals surface area contributed by atoms with Crippen molar-refractivity contribution in [1.29, 1.82) is 0 Å². The number of nitrogens with two attached hydrogens (primary N) is 1. The van der Waals surface area contributed by atoms with Crippen LogP contribution in [0.1, 0.15) is 24.1 Å². The topological polar surface area (TPSA) is 83.2 Å². The number of methoxy groups -OCH3 is 2. The molecule has 6 nitrogen and oxygen atoms in total. The second kappa shape index (κ2) is 6.72. The van der Waals surface area contributed by atoms with Gasteiger partial charge in [-0.15, -0.1) is 0 Å². The summed E-state index contributed by atoms with van der Waals surface area (Å²) in [5.41, 5.74) is 11.2. The first kappa shape index (κ1) is 17.0. The smallest absolute Gasteiger partial charge is 0.174 e. The Morgan fingerprint density at radius 1 is 1.08 bits per heavy atom. The van der Waals surface area contributed by atoms with Crippen molar-refractivity contribution in [2.75, 3.05) is 20.0 Å². The van der Waals surface area contributed by atoms with Gasteiger partial charge in [0, 0.05) is 11.3 Å². The third-order valence-electron chi connectivity index (χ3n) is 4.81. The molecule has 2 N–H and O–H groups in total. The van der Waals surface area contributed by atoms with E-state index in [1.165, 1.54) is 11.9 Å². The van der Waals surface area contributed by atoms with Crippen molar-refractivity contribution in [3.05, 3.63) is 34.2 Å². The molecule has 0 spiro atoms. The fourth-order valence-electron chi connectivity index (χ4n) is 3.66. The number of hydrogen-bond acceptors (Lipinski definition) is 6. The quantitative estimate of drug-likeness (QED) is 0.698. The molecule has 2 aromatic heterocycles. The maximum atomic E-state index is 6.23. The van der Waals surface area contributed by atoms with Crippen LogP contribution in [0.4, 0.5) is 5.82 Å². The summed E-state index contributed by atoms with van der Waals surface area (Å²) in [6.45, 7) is 0. The van der Waals surface area contributed by atoms with Crippen LogP contribution in [-0.4, -0.2) is 29.2 Å². The minimum atomic E-state index is 0.441. The number of aryl methyl sites for hydroxylation is 1. The lowest BCUT2D eigenvalue weighted by Crippen LogP contribution is -2.10. The maximum Gasteiger partial charge on any atom is 0.174 e. The van der Waals surface area contributed by atoms with E-state index in [-0.39, 0.29) is 0 Å². The Labute approximate surface area is 159 Å². The van der Waals surface area contributed by atoms with E-state index >= 15 is 0 Å². The van der Waals surface area contributed by atoms with Gasteiger partial charge in [0.05, 0.1) is 24.1 Å². The van der Waals surface area contributed by atoms with Crippen LogP contribution >= 0.6 is 15.9 Å². The van der Waals surface area contributed by atoms with Gasteiger partial charge in [-0.3, -0.25) is 0 Å². The van der Waals surface area contributed by atoms with Gasteiger partial charge in [0.15, 0.2) is 17.1 Å². The van der Waals surface area contributed by atoms with E-state index in [0.717, 1.165) is 52.4 Å². The highest BCUT2D eigenvalue weighted by Gasteiger charge is 2.23. The molecule has 26 heavy (non-hydrogen) atoms. The average molecular weight is 415 g/mol. The molecule has 0 radical (unpaired) electrons. The van der Waals surface area contributed by atoms with Gasteiger partial charge in [-0.2, -0.15) is 0 Å². The lowest BCUT2D eigenvalue weighted by atomic mass is 9.87. The maximum absolute atomic E-state index is 6.23. The summed E-state index contributed by atoms with van der Waals surface area (Å²) in [5, 5.41) is 0.798. The standard InChI is InChI=1S/C19H19BrN4O2/c1-25-14-8-10(7-12(20)17(14)26-2)15-11-5-3-4-6-13(11)24-19-16(15)18(21)22-9-23-19/h7-9H,3-6H2,1-2H3,(H2,21,22,23,24). The van der Waals surface area contributed by atoms with Crippen LogP contribution in [0.3, 0.4) is 0 Å². The zero-order valence-corrected chi connectivity index (χ0v) is 16.3. The molecule has 2 heterocycles. The Balaban J connectivity index is 2.09. The minimum Gasteiger partial charge on any atom is -0.493 e. The first-order chi connectivity index (χ1) is 12.6. The molecule has 0 aliphatic heterocycles. The third kappa shape index (κ3) is 2.67. The molecule has 0 bridgehead atoms. The predicted octanol–water partition coefficient (Wildman–Crippen LogP) is 3.93. The molecule has 0 fully saturated rings. The van der Waals surface area contributed by atoms with Gasteiger partial charge in [-0.25, -0.2) is 15.0 Å². The van der Waals surface area contributed by atoms with E-state index < -0.39 is 0 Å². The number of fused-ring (bicyclic) bond motifs is 2. The zero-order chi connectivity index (χ0) is 18.3. The lowest BCUT2D eigenvalue weighted by molar-refractivity contribution is 0.353. The Bertz CT molecular complexity index is 1010. The van der Waals surface area contributed by atoms with E-state index in [0.29, 0.717) is 23.0 Å². The van der Waals surface area contributed by atoms with Crippen LogP contribution in [0.2, 0.25) is 0 Å². The van der Waals surface area contributed by atoms with Gasteiger partial charge < -0.3 is 15.2 Å². The number of benzene rings is 1. The average Bonchev–Trinajstić information content (AvgIpc) is 2.65. The van der Waals surface area contributed by atoms with Crippen LogP contribution in [0.5, 0.6) is 11.5 Å². The van der Waals surface area contributed by atoms with Gasteiger partial charge in [-0.1, -0.05) is 0 Å². The predicted molar refractivity (Wildman–Crippen MR) is 105 cm³/mol. The summed E-state index contributed by atoms with van der Waals surface area (Å²) < 4.78 is 11.8. The molecule has 1 aromatic carbocycles. The number of ether oxygens (including phenoxy) is 2. The summed E-state index contributed by atoms with van der Waals surface area (Å²) in [7, 11) is 3.25. The van der Waals surface area contributed by atoms with Crippen LogP contribution in [0.15, 0.2) is 22.9 Å². The molecule has 1 aliphatic carbocycles. The number of anilines is 1. The number of hydrogen-bond donors (Lipinski definition) is 1. The SMILES string of the molecule is COc1cc(-c2c3c(nc4ncnc(N)c24)CCCC3)cc(Br)c1OC. The monoisotopic (exact) mass is 414 g/mol.